The number of carbonyl (C=O) groups excluding carboxylic acids is 2. The van der Waals surface area contributed by atoms with Crippen LogP contribution < -0.4 is 10.2 Å². The van der Waals surface area contributed by atoms with Gasteiger partial charge in [0.25, 0.3) is 11.6 Å². The lowest BCUT2D eigenvalue weighted by Gasteiger charge is -2.13. The number of anilines is 2. The van der Waals surface area contributed by atoms with E-state index in [1.165, 1.54) is 12.1 Å². The molecule has 0 atom stereocenters. The lowest BCUT2D eigenvalue weighted by atomic mass is 10.1. The quantitative estimate of drug-likeness (QED) is 0.460. The van der Waals surface area contributed by atoms with E-state index < -0.39 is 23.4 Å². The van der Waals surface area contributed by atoms with Crippen molar-refractivity contribution in [1.82, 2.24) is 0 Å². The summed E-state index contributed by atoms with van der Waals surface area (Å²) in [4.78, 5) is 36.3. The summed E-state index contributed by atoms with van der Waals surface area (Å²) in [5.74, 6) is -1.38. The number of esters is 1. The van der Waals surface area contributed by atoms with Gasteiger partial charge in [-0.3, -0.25) is 14.9 Å². The molecule has 27 heavy (non-hydrogen) atoms. The molecule has 0 radical (unpaired) electrons. The maximum Gasteiger partial charge on any atom is 0.338 e. The fourth-order valence-electron chi connectivity index (χ4n) is 2.32. The molecule has 0 aromatic heterocycles. The Balaban J connectivity index is 2.05. The van der Waals surface area contributed by atoms with Crippen molar-refractivity contribution in [2.75, 3.05) is 30.9 Å². The van der Waals surface area contributed by atoms with E-state index in [-0.39, 0.29) is 11.3 Å². The number of amides is 1. The fraction of sp³-hybridized carbons (Fsp3) is 0.222. The topological polar surface area (TPSA) is 102 Å². The molecule has 2 aromatic carbocycles. The summed E-state index contributed by atoms with van der Waals surface area (Å²) in [6.07, 6.45) is 0. The highest BCUT2D eigenvalue weighted by Gasteiger charge is 2.20. The van der Waals surface area contributed by atoms with Gasteiger partial charge >= 0.3 is 5.97 Å². The summed E-state index contributed by atoms with van der Waals surface area (Å²) in [6, 6.07) is 9.02. The van der Waals surface area contributed by atoms with Gasteiger partial charge in [-0.25, -0.2) is 4.79 Å². The van der Waals surface area contributed by atoms with Gasteiger partial charge in [-0.1, -0.05) is 17.7 Å². The molecule has 0 saturated heterocycles. The van der Waals surface area contributed by atoms with Crippen LogP contribution in [0.5, 0.6) is 0 Å². The molecule has 0 fully saturated rings. The number of carbonyl (C=O) groups is 2. The van der Waals surface area contributed by atoms with Gasteiger partial charge in [0.05, 0.1) is 10.5 Å². The van der Waals surface area contributed by atoms with Crippen LogP contribution in [0.15, 0.2) is 36.4 Å². The molecule has 142 valence electrons. The maximum absolute atomic E-state index is 12.1. The summed E-state index contributed by atoms with van der Waals surface area (Å²) < 4.78 is 4.95. The Labute approximate surface area is 160 Å². The van der Waals surface area contributed by atoms with Crippen molar-refractivity contribution in [3.05, 3.63) is 62.7 Å². The normalized spacial score (nSPS) is 10.2. The van der Waals surface area contributed by atoms with Gasteiger partial charge in [0.1, 0.15) is 5.69 Å². The molecule has 0 heterocycles. The van der Waals surface area contributed by atoms with Crippen LogP contribution in [0.3, 0.4) is 0 Å². The van der Waals surface area contributed by atoms with Crippen molar-refractivity contribution in [3.8, 4) is 0 Å². The van der Waals surface area contributed by atoms with Crippen molar-refractivity contribution in [1.29, 1.82) is 0 Å². The van der Waals surface area contributed by atoms with Crippen LogP contribution in [0.4, 0.5) is 17.1 Å². The van der Waals surface area contributed by atoms with E-state index in [1.54, 1.807) is 44.1 Å². The van der Waals surface area contributed by atoms with Crippen molar-refractivity contribution in [3.63, 3.8) is 0 Å². The zero-order valence-electron chi connectivity index (χ0n) is 15.0. The van der Waals surface area contributed by atoms with Gasteiger partial charge in [0.15, 0.2) is 6.61 Å². The molecule has 2 aromatic rings. The van der Waals surface area contributed by atoms with Crippen molar-refractivity contribution in [2.45, 2.75) is 6.92 Å². The monoisotopic (exact) mass is 391 g/mol. The van der Waals surface area contributed by atoms with E-state index in [9.17, 15) is 19.7 Å². The first-order valence-corrected chi connectivity index (χ1v) is 8.26. The molecular formula is C18H18ClN3O5. The minimum Gasteiger partial charge on any atom is -0.452 e. The standard InChI is InChI=1S/C18H18ClN3O5/c1-11-13(19)5-4-6-14(11)20-17(23)10-27-18(24)12-7-8-15(21(2)3)16(9-12)22(25)26/h4-9H,10H2,1-3H3,(H,20,23). The van der Waals surface area contributed by atoms with Crippen LogP contribution >= 0.6 is 11.6 Å². The Morgan fingerprint density at radius 3 is 2.59 bits per heavy atom. The number of hydrogen-bond donors (Lipinski definition) is 1. The summed E-state index contributed by atoms with van der Waals surface area (Å²) in [7, 11) is 3.31. The van der Waals surface area contributed by atoms with Gasteiger partial charge in [-0.05, 0) is 36.8 Å². The molecule has 0 bridgehead atoms. The summed E-state index contributed by atoms with van der Waals surface area (Å²) in [5, 5.41) is 14.3. The number of ether oxygens (including phenoxy) is 1. The number of hydrogen-bond acceptors (Lipinski definition) is 6. The molecule has 2 rings (SSSR count). The van der Waals surface area contributed by atoms with Gasteiger partial charge < -0.3 is 15.0 Å². The number of nitro groups is 1. The summed E-state index contributed by atoms with van der Waals surface area (Å²) in [5.41, 5.74) is 1.31. The van der Waals surface area contributed by atoms with Crippen LogP contribution in [-0.2, 0) is 9.53 Å². The molecule has 0 saturated carbocycles. The number of nitro benzene ring substituents is 1. The van der Waals surface area contributed by atoms with Crippen LogP contribution in [0.1, 0.15) is 15.9 Å². The third-order valence-electron chi connectivity index (χ3n) is 3.77. The highest BCUT2D eigenvalue weighted by Crippen LogP contribution is 2.28. The molecule has 0 aliphatic heterocycles. The lowest BCUT2D eigenvalue weighted by molar-refractivity contribution is -0.384. The van der Waals surface area contributed by atoms with E-state index in [0.29, 0.717) is 22.0 Å². The second kappa shape index (κ2) is 8.50. The van der Waals surface area contributed by atoms with E-state index in [4.69, 9.17) is 16.3 Å². The van der Waals surface area contributed by atoms with E-state index in [2.05, 4.69) is 5.32 Å². The molecule has 0 aliphatic rings. The molecule has 0 unspecified atom stereocenters. The zero-order valence-corrected chi connectivity index (χ0v) is 15.7. The fourth-order valence-corrected chi connectivity index (χ4v) is 2.49. The predicted octanol–water partition coefficient (Wildman–Crippen LogP) is 3.42. The lowest BCUT2D eigenvalue weighted by Crippen LogP contribution is -2.21. The molecule has 1 N–H and O–H groups in total. The Morgan fingerprint density at radius 1 is 1.26 bits per heavy atom. The zero-order chi connectivity index (χ0) is 20.1. The smallest absolute Gasteiger partial charge is 0.338 e. The van der Waals surface area contributed by atoms with Gasteiger partial charge in [0, 0.05) is 30.9 Å². The second-order valence-corrected chi connectivity index (χ2v) is 6.30. The van der Waals surface area contributed by atoms with Crippen LogP contribution in [0.2, 0.25) is 5.02 Å². The van der Waals surface area contributed by atoms with Crippen molar-refractivity contribution >= 4 is 40.5 Å². The van der Waals surface area contributed by atoms with Crippen LogP contribution in [-0.4, -0.2) is 37.5 Å². The number of halogens is 1. The van der Waals surface area contributed by atoms with E-state index in [0.717, 1.165) is 6.07 Å². The average Bonchev–Trinajstić information content (AvgIpc) is 2.62. The highest BCUT2D eigenvalue weighted by atomic mass is 35.5. The van der Waals surface area contributed by atoms with Crippen LogP contribution in [0.25, 0.3) is 0 Å². The Bertz CT molecular complexity index is 899. The first kappa shape index (κ1) is 20.2. The number of nitrogens with zero attached hydrogens (tertiary/aromatic N) is 2. The third kappa shape index (κ3) is 4.95. The molecule has 0 aliphatic carbocycles. The number of benzene rings is 2. The van der Waals surface area contributed by atoms with Gasteiger partial charge in [-0.2, -0.15) is 0 Å². The molecule has 1 amide bonds. The van der Waals surface area contributed by atoms with Crippen LogP contribution in [0, 0.1) is 17.0 Å². The van der Waals surface area contributed by atoms with E-state index in [1.807, 2.05) is 0 Å². The SMILES string of the molecule is Cc1c(Cl)cccc1NC(=O)COC(=O)c1ccc(N(C)C)c([N+](=O)[O-])c1. The highest BCUT2D eigenvalue weighted by molar-refractivity contribution is 6.31. The van der Waals surface area contributed by atoms with Gasteiger partial charge in [0.2, 0.25) is 0 Å². The Hall–Kier alpha value is -3.13. The molecule has 0 spiro atoms. The molecule has 9 heteroatoms. The summed E-state index contributed by atoms with van der Waals surface area (Å²) >= 11 is 5.99. The Kier molecular flexibility index (Phi) is 6.36. The maximum atomic E-state index is 12.1. The number of rotatable bonds is 6. The first-order valence-electron chi connectivity index (χ1n) is 7.88. The first-order chi connectivity index (χ1) is 12.7. The second-order valence-electron chi connectivity index (χ2n) is 5.89. The van der Waals surface area contributed by atoms with Gasteiger partial charge in [-0.15, -0.1) is 0 Å². The number of nitrogens with one attached hydrogen (secondary N) is 1. The molecular weight excluding hydrogens is 374 g/mol. The third-order valence-corrected chi connectivity index (χ3v) is 4.18. The minimum atomic E-state index is -0.832. The predicted molar refractivity (Wildman–Crippen MR) is 103 cm³/mol. The van der Waals surface area contributed by atoms with Crippen molar-refractivity contribution in [2.24, 2.45) is 0 Å². The minimum absolute atomic E-state index is 0.0148. The van der Waals surface area contributed by atoms with Crippen molar-refractivity contribution < 1.29 is 19.2 Å². The largest absolute Gasteiger partial charge is 0.452 e. The Morgan fingerprint density at radius 2 is 1.96 bits per heavy atom. The molecule has 8 nitrogen and oxygen atoms in total. The summed E-state index contributed by atoms with van der Waals surface area (Å²) in [6.45, 7) is 1.21. The average molecular weight is 392 g/mol. The van der Waals surface area contributed by atoms with E-state index >= 15 is 0 Å².